The molecular weight excluding hydrogens is 311 g/mol. The molecule has 2 aromatic rings. The normalized spacial score (nSPS) is 19.7. The van der Waals surface area contributed by atoms with Crippen LogP contribution in [0.3, 0.4) is 0 Å². The highest BCUT2D eigenvalue weighted by Crippen LogP contribution is 2.27. The van der Waals surface area contributed by atoms with E-state index < -0.39 is 5.60 Å². The van der Waals surface area contributed by atoms with Gasteiger partial charge in [0.2, 0.25) is 5.60 Å². The Morgan fingerprint density at radius 2 is 2.38 bits per heavy atom. The van der Waals surface area contributed by atoms with Gasteiger partial charge in [0.15, 0.2) is 0 Å². The molecule has 6 nitrogen and oxygen atoms in total. The maximum atomic E-state index is 13.3. The molecule has 24 heavy (non-hydrogen) atoms. The third-order valence-corrected chi connectivity index (χ3v) is 3.94. The number of aromatic nitrogens is 2. The van der Waals surface area contributed by atoms with Crippen molar-refractivity contribution in [1.29, 1.82) is 0 Å². The summed E-state index contributed by atoms with van der Waals surface area (Å²) in [6.45, 7) is 3.00. The van der Waals surface area contributed by atoms with E-state index in [2.05, 4.69) is 15.5 Å². The number of oxime groups is 1. The summed E-state index contributed by atoms with van der Waals surface area (Å²) in [4.78, 5) is 21.7. The van der Waals surface area contributed by atoms with Crippen LogP contribution in [0.25, 0.3) is 0 Å². The first-order chi connectivity index (χ1) is 11.6. The van der Waals surface area contributed by atoms with Crippen molar-refractivity contribution in [2.45, 2.75) is 31.9 Å². The number of benzene rings is 1. The molecule has 1 amide bonds. The second kappa shape index (κ2) is 6.82. The van der Waals surface area contributed by atoms with Gasteiger partial charge in [-0.25, -0.2) is 9.37 Å². The Balaban J connectivity index is 1.50. The van der Waals surface area contributed by atoms with Crippen LogP contribution in [0, 0.1) is 5.82 Å². The molecular formula is C17H19FN4O2. The molecule has 1 aliphatic rings. The Kier molecular flexibility index (Phi) is 4.59. The van der Waals surface area contributed by atoms with Crippen LogP contribution in [0.15, 0.2) is 48.1 Å². The van der Waals surface area contributed by atoms with Crippen LogP contribution in [-0.2, 0) is 16.2 Å². The van der Waals surface area contributed by atoms with Gasteiger partial charge in [-0.05, 0) is 25.5 Å². The van der Waals surface area contributed by atoms with E-state index in [4.69, 9.17) is 4.84 Å². The van der Waals surface area contributed by atoms with Crippen molar-refractivity contribution in [2.24, 2.45) is 5.16 Å². The van der Waals surface area contributed by atoms with E-state index >= 15 is 0 Å². The topological polar surface area (TPSA) is 68.5 Å². The summed E-state index contributed by atoms with van der Waals surface area (Å²) >= 11 is 0. The van der Waals surface area contributed by atoms with Crippen LogP contribution in [-0.4, -0.2) is 33.3 Å². The first-order valence-corrected chi connectivity index (χ1v) is 7.82. The molecule has 7 heteroatoms. The van der Waals surface area contributed by atoms with Gasteiger partial charge in [-0.1, -0.05) is 17.3 Å². The van der Waals surface area contributed by atoms with Crippen molar-refractivity contribution >= 4 is 11.6 Å². The van der Waals surface area contributed by atoms with Gasteiger partial charge in [-0.15, -0.1) is 0 Å². The van der Waals surface area contributed by atoms with Crippen LogP contribution in [0.5, 0.6) is 0 Å². The van der Waals surface area contributed by atoms with Gasteiger partial charge in [-0.2, -0.15) is 0 Å². The van der Waals surface area contributed by atoms with E-state index in [0.29, 0.717) is 24.2 Å². The summed E-state index contributed by atoms with van der Waals surface area (Å²) in [5, 5.41) is 6.83. The van der Waals surface area contributed by atoms with Crippen LogP contribution < -0.4 is 5.32 Å². The highest BCUT2D eigenvalue weighted by Gasteiger charge is 2.42. The number of nitrogens with zero attached hydrogens (tertiary/aromatic N) is 3. The summed E-state index contributed by atoms with van der Waals surface area (Å²) in [5.41, 5.74) is 0.147. The molecule has 0 fully saturated rings. The van der Waals surface area contributed by atoms with Crippen molar-refractivity contribution in [3.63, 3.8) is 0 Å². The average molecular weight is 330 g/mol. The van der Waals surface area contributed by atoms with Crippen molar-refractivity contribution in [3.05, 3.63) is 54.4 Å². The number of imidazole rings is 1. The monoisotopic (exact) mass is 330 g/mol. The van der Waals surface area contributed by atoms with E-state index in [0.717, 1.165) is 13.0 Å². The molecule has 0 spiro atoms. The number of nitrogens with one attached hydrogen (secondary N) is 1. The number of amides is 1. The maximum absolute atomic E-state index is 13.3. The third kappa shape index (κ3) is 3.61. The lowest BCUT2D eigenvalue weighted by molar-refractivity contribution is -0.141. The standard InChI is InChI=1S/C17H19FN4O2/c1-17(16(23)20-6-3-8-22-9-7-19-12-22)11-15(21-24-17)13-4-2-5-14(18)10-13/h2,4-5,7,9-10,12H,3,6,8,11H2,1H3,(H,20,23)/t17-/m0/s1. The summed E-state index contributed by atoms with van der Waals surface area (Å²) in [6, 6.07) is 6.11. The number of aryl methyl sites for hydroxylation is 1. The first-order valence-electron chi connectivity index (χ1n) is 7.82. The SMILES string of the molecule is C[C@@]1(C(=O)NCCCn2ccnc2)CC(c2cccc(F)c2)=NO1. The highest BCUT2D eigenvalue weighted by atomic mass is 19.1. The smallest absolute Gasteiger partial charge is 0.267 e. The molecule has 126 valence electrons. The predicted molar refractivity (Wildman–Crippen MR) is 86.9 cm³/mol. The fourth-order valence-electron chi connectivity index (χ4n) is 2.55. The fraction of sp³-hybridized carbons (Fsp3) is 0.353. The Morgan fingerprint density at radius 1 is 1.50 bits per heavy atom. The van der Waals surface area contributed by atoms with Crippen molar-refractivity contribution in [1.82, 2.24) is 14.9 Å². The quantitative estimate of drug-likeness (QED) is 0.825. The fourth-order valence-corrected chi connectivity index (χ4v) is 2.55. The average Bonchev–Trinajstić information content (AvgIpc) is 3.22. The Labute approximate surface area is 139 Å². The number of carbonyl (C=O) groups is 1. The van der Waals surface area contributed by atoms with Crippen LogP contribution in [0.1, 0.15) is 25.3 Å². The third-order valence-electron chi connectivity index (χ3n) is 3.94. The van der Waals surface area contributed by atoms with Gasteiger partial charge in [-0.3, -0.25) is 4.79 Å². The van der Waals surface area contributed by atoms with Gasteiger partial charge in [0.05, 0.1) is 12.0 Å². The minimum atomic E-state index is -1.06. The Hall–Kier alpha value is -2.70. The van der Waals surface area contributed by atoms with Crippen molar-refractivity contribution < 1.29 is 14.0 Å². The molecule has 1 aromatic carbocycles. The van der Waals surface area contributed by atoms with Gasteiger partial charge in [0.25, 0.3) is 5.91 Å². The van der Waals surface area contributed by atoms with Crippen LogP contribution in [0.4, 0.5) is 4.39 Å². The van der Waals surface area contributed by atoms with Gasteiger partial charge in [0.1, 0.15) is 5.82 Å². The van der Waals surface area contributed by atoms with Crippen molar-refractivity contribution in [2.75, 3.05) is 6.54 Å². The Morgan fingerprint density at radius 3 is 3.12 bits per heavy atom. The van der Waals surface area contributed by atoms with Gasteiger partial charge in [0, 0.05) is 37.5 Å². The first kappa shape index (κ1) is 16.2. The molecule has 1 N–H and O–H groups in total. The summed E-state index contributed by atoms with van der Waals surface area (Å²) < 4.78 is 15.3. The molecule has 3 rings (SSSR count). The second-order valence-electron chi connectivity index (χ2n) is 5.96. The van der Waals surface area contributed by atoms with Crippen molar-refractivity contribution in [3.8, 4) is 0 Å². The highest BCUT2D eigenvalue weighted by molar-refractivity contribution is 6.05. The second-order valence-corrected chi connectivity index (χ2v) is 5.96. The molecule has 1 aliphatic heterocycles. The van der Waals surface area contributed by atoms with Gasteiger partial charge < -0.3 is 14.7 Å². The Bertz CT molecular complexity index is 745. The van der Waals surface area contributed by atoms with E-state index in [-0.39, 0.29) is 11.7 Å². The predicted octanol–water partition coefficient (Wildman–Crippen LogP) is 2.11. The minimum Gasteiger partial charge on any atom is -0.379 e. The molecule has 1 aromatic heterocycles. The summed E-state index contributed by atoms with van der Waals surface area (Å²) in [5.74, 6) is -0.559. The molecule has 0 saturated heterocycles. The lowest BCUT2D eigenvalue weighted by Gasteiger charge is -2.20. The van der Waals surface area contributed by atoms with Crippen LogP contribution in [0.2, 0.25) is 0 Å². The van der Waals surface area contributed by atoms with E-state index in [1.807, 2.05) is 10.8 Å². The molecule has 2 heterocycles. The maximum Gasteiger partial charge on any atom is 0.267 e. The minimum absolute atomic E-state index is 0.219. The number of hydrogen-bond donors (Lipinski definition) is 1. The summed E-state index contributed by atoms with van der Waals surface area (Å²) in [7, 11) is 0. The molecule has 0 unspecified atom stereocenters. The molecule has 0 bridgehead atoms. The zero-order valence-electron chi connectivity index (χ0n) is 13.4. The van der Waals surface area contributed by atoms with E-state index in [9.17, 15) is 9.18 Å². The van der Waals surface area contributed by atoms with Gasteiger partial charge >= 0.3 is 0 Å². The lowest BCUT2D eigenvalue weighted by Crippen LogP contribution is -2.45. The number of halogens is 1. The summed E-state index contributed by atoms with van der Waals surface area (Å²) in [6.07, 6.45) is 6.43. The van der Waals surface area contributed by atoms with E-state index in [1.165, 1.54) is 12.1 Å². The zero-order valence-corrected chi connectivity index (χ0v) is 13.4. The number of hydrogen-bond acceptors (Lipinski definition) is 4. The molecule has 0 radical (unpaired) electrons. The molecule has 0 saturated carbocycles. The van der Waals surface area contributed by atoms with Crippen LogP contribution >= 0.6 is 0 Å². The molecule has 0 aliphatic carbocycles. The number of carbonyl (C=O) groups excluding carboxylic acids is 1. The lowest BCUT2D eigenvalue weighted by atomic mass is 9.95. The zero-order chi connectivity index (χ0) is 17.0. The van der Waals surface area contributed by atoms with E-state index in [1.54, 1.807) is 31.6 Å². The number of rotatable bonds is 6. The largest absolute Gasteiger partial charge is 0.379 e. The molecule has 1 atom stereocenters.